The Balaban J connectivity index is 2.62. The second-order valence-corrected chi connectivity index (χ2v) is 5.20. The van der Waals surface area contributed by atoms with Gasteiger partial charge in [0.15, 0.2) is 0 Å². The van der Waals surface area contributed by atoms with E-state index in [4.69, 9.17) is 4.74 Å². The summed E-state index contributed by atoms with van der Waals surface area (Å²) in [7, 11) is 3.20. The van der Waals surface area contributed by atoms with Crippen molar-refractivity contribution in [1.29, 1.82) is 0 Å². The maximum atomic E-state index is 11.7. The molecular formula is C14H25N3O2. The van der Waals surface area contributed by atoms with Gasteiger partial charge in [-0.05, 0) is 53.1 Å². The van der Waals surface area contributed by atoms with E-state index in [-0.39, 0.29) is 5.97 Å². The predicted octanol–water partition coefficient (Wildman–Crippen LogP) is 1.74. The maximum absolute atomic E-state index is 11.7. The lowest BCUT2D eigenvalue weighted by Gasteiger charge is -2.26. The van der Waals surface area contributed by atoms with Crippen LogP contribution in [-0.4, -0.2) is 35.4 Å². The monoisotopic (exact) mass is 267 g/mol. The molecule has 0 aliphatic carbocycles. The Kier molecular flexibility index (Phi) is 5.11. The first-order chi connectivity index (χ1) is 8.85. The summed E-state index contributed by atoms with van der Waals surface area (Å²) in [5.74, 6) is -0.223. The van der Waals surface area contributed by atoms with Gasteiger partial charge < -0.3 is 10.1 Å². The number of hydrogen-bond acceptors (Lipinski definition) is 4. The molecule has 0 saturated carbocycles. The smallest absolute Gasteiger partial charge is 0.325 e. The molecule has 19 heavy (non-hydrogen) atoms. The minimum absolute atomic E-state index is 0.223. The van der Waals surface area contributed by atoms with Crippen LogP contribution >= 0.6 is 0 Å². The van der Waals surface area contributed by atoms with Gasteiger partial charge in [0, 0.05) is 12.2 Å². The molecule has 1 rings (SSSR count). The Morgan fingerprint density at radius 2 is 2.05 bits per heavy atom. The van der Waals surface area contributed by atoms with Gasteiger partial charge in [0.1, 0.15) is 5.54 Å². The van der Waals surface area contributed by atoms with Crippen molar-refractivity contribution in [3.8, 4) is 0 Å². The summed E-state index contributed by atoms with van der Waals surface area (Å²) in [5.41, 5.74) is 2.88. The van der Waals surface area contributed by atoms with Gasteiger partial charge in [-0.1, -0.05) is 0 Å². The number of nitrogens with zero attached hydrogens (tertiary/aromatic N) is 2. The molecular weight excluding hydrogens is 242 g/mol. The molecule has 5 nitrogen and oxygen atoms in total. The molecule has 1 unspecified atom stereocenters. The van der Waals surface area contributed by atoms with E-state index in [1.54, 1.807) is 7.05 Å². The zero-order chi connectivity index (χ0) is 14.6. The molecule has 1 heterocycles. The van der Waals surface area contributed by atoms with Gasteiger partial charge in [0.2, 0.25) is 0 Å². The van der Waals surface area contributed by atoms with Gasteiger partial charge in [-0.15, -0.1) is 0 Å². The van der Waals surface area contributed by atoms with Crippen LogP contribution in [0.2, 0.25) is 0 Å². The fourth-order valence-electron chi connectivity index (χ4n) is 2.14. The van der Waals surface area contributed by atoms with Gasteiger partial charge in [-0.25, -0.2) is 0 Å². The van der Waals surface area contributed by atoms with E-state index in [0.29, 0.717) is 6.42 Å². The first-order valence-corrected chi connectivity index (χ1v) is 6.63. The molecule has 1 atom stereocenters. The highest BCUT2D eigenvalue weighted by Crippen LogP contribution is 2.16. The Labute approximate surface area is 115 Å². The van der Waals surface area contributed by atoms with E-state index in [0.717, 1.165) is 18.7 Å². The standard InChI is InChI=1S/C14H25N3O2/c1-10-11(2)16-17(12(10)3)9-7-8-14(4,15-5)13(18)19-6/h15H,7-9H2,1-6H3. The lowest BCUT2D eigenvalue weighted by atomic mass is 9.96. The Bertz CT molecular complexity index is 454. The van der Waals surface area contributed by atoms with Crippen molar-refractivity contribution < 1.29 is 9.53 Å². The quantitative estimate of drug-likeness (QED) is 0.798. The first-order valence-electron chi connectivity index (χ1n) is 6.63. The van der Waals surface area contributed by atoms with Crippen LogP contribution in [0, 0.1) is 20.8 Å². The number of carbonyl (C=O) groups excluding carboxylic acids is 1. The third-order valence-electron chi connectivity index (χ3n) is 3.98. The van der Waals surface area contributed by atoms with Crippen LogP contribution in [-0.2, 0) is 16.1 Å². The predicted molar refractivity (Wildman–Crippen MR) is 75.2 cm³/mol. The van der Waals surface area contributed by atoms with Gasteiger partial charge in [-0.3, -0.25) is 9.48 Å². The van der Waals surface area contributed by atoms with E-state index < -0.39 is 5.54 Å². The number of ether oxygens (including phenoxy) is 1. The van der Waals surface area contributed by atoms with Crippen molar-refractivity contribution in [2.24, 2.45) is 0 Å². The Morgan fingerprint density at radius 1 is 1.42 bits per heavy atom. The van der Waals surface area contributed by atoms with Crippen LogP contribution in [0.5, 0.6) is 0 Å². The summed E-state index contributed by atoms with van der Waals surface area (Å²) < 4.78 is 6.84. The van der Waals surface area contributed by atoms with Gasteiger partial charge in [-0.2, -0.15) is 5.10 Å². The highest BCUT2D eigenvalue weighted by molar-refractivity contribution is 5.80. The van der Waals surface area contributed by atoms with Crippen LogP contribution < -0.4 is 5.32 Å². The molecule has 5 heteroatoms. The molecule has 0 radical (unpaired) electrons. The Hall–Kier alpha value is -1.36. The molecule has 0 aliphatic heterocycles. The fraction of sp³-hybridized carbons (Fsp3) is 0.714. The number of nitrogens with one attached hydrogen (secondary N) is 1. The molecule has 0 fully saturated rings. The van der Waals surface area contributed by atoms with Crippen molar-refractivity contribution in [2.75, 3.05) is 14.2 Å². The second kappa shape index (κ2) is 6.19. The number of carbonyl (C=O) groups is 1. The third-order valence-corrected chi connectivity index (χ3v) is 3.98. The van der Waals surface area contributed by atoms with Crippen LogP contribution in [0.15, 0.2) is 0 Å². The summed E-state index contributed by atoms with van der Waals surface area (Å²) >= 11 is 0. The van der Waals surface area contributed by atoms with E-state index in [9.17, 15) is 4.79 Å². The second-order valence-electron chi connectivity index (χ2n) is 5.20. The van der Waals surface area contributed by atoms with Crippen molar-refractivity contribution >= 4 is 5.97 Å². The van der Waals surface area contributed by atoms with Crippen LogP contribution in [0.3, 0.4) is 0 Å². The summed E-state index contributed by atoms with van der Waals surface area (Å²) in [6.07, 6.45) is 1.58. The average molecular weight is 267 g/mol. The van der Waals surface area contributed by atoms with Gasteiger partial charge in [0.25, 0.3) is 0 Å². The normalized spacial score (nSPS) is 14.2. The number of aromatic nitrogens is 2. The first kappa shape index (κ1) is 15.7. The van der Waals surface area contributed by atoms with Gasteiger partial charge in [0.05, 0.1) is 12.8 Å². The van der Waals surface area contributed by atoms with Crippen LogP contribution in [0.4, 0.5) is 0 Å². The number of rotatable bonds is 6. The summed E-state index contributed by atoms with van der Waals surface area (Å²) in [6, 6.07) is 0. The zero-order valence-electron chi connectivity index (χ0n) is 12.8. The number of hydrogen-bond donors (Lipinski definition) is 1. The Morgan fingerprint density at radius 3 is 2.47 bits per heavy atom. The van der Waals surface area contributed by atoms with E-state index in [1.165, 1.54) is 18.4 Å². The summed E-state index contributed by atoms with van der Waals surface area (Å²) in [5, 5.41) is 7.54. The van der Waals surface area contributed by atoms with E-state index >= 15 is 0 Å². The maximum Gasteiger partial charge on any atom is 0.325 e. The van der Waals surface area contributed by atoms with Crippen LogP contribution in [0.25, 0.3) is 0 Å². The SMILES string of the molecule is CNC(C)(CCCn1nc(C)c(C)c1C)C(=O)OC. The van der Waals surface area contributed by atoms with E-state index in [1.807, 2.05) is 18.5 Å². The summed E-state index contributed by atoms with van der Waals surface area (Å²) in [4.78, 5) is 11.7. The molecule has 0 aromatic carbocycles. The van der Waals surface area contributed by atoms with Crippen LogP contribution in [0.1, 0.15) is 36.7 Å². The number of methoxy groups -OCH3 is 1. The molecule has 1 aromatic rings. The fourth-order valence-corrected chi connectivity index (χ4v) is 2.14. The summed E-state index contributed by atoms with van der Waals surface area (Å²) in [6.45, 7) is 8.86. The minimum Gasteiger partial charge on any atom is -0.468 e. The minimum atomic E-state index is -0.625. The largest absolute Gasteiger partial charge is 0.468 e. The molecule has 0 aliphatic rings. The highest BCUT2D eigenvalue weighted by Gasteiger charge is 2.31. The molecule has 0 spiro atoms. The molecule has 1 N–H and O–H groups in total. The average Bonchev–Trinajstić information content (AvgIpc) is 2.65. The van der Waals surface area contributed by atoms with Crippen molar-refractivity contribution in [3.05, 3.63) is 17.0 Å². The van der Waals surface area contributed by atoms with Crippen molar-refractivity contribution in [1.82, 2.24) is 15.1 Å². The number of likely N-dealkylation sites (N-methyl/N-ethyl adjacent to an activating group) is 1. The van der Waals surface area contributed by atoms with Crippen molar-refractivity contribution in [3.63, 3.8) is 0 Å². The molecule has 1 aromatic heterocycles. The topological polar surface area (TPSA) is 56.2 Å². The third kappa shape index (κ3) is 3.35. The molecule has 0 saturated heterocycles. The van der Waals surface area contributed by atoms with Gasteiger partial charge >= 0.3 is 5.97 Å². The number of esters is 1. The lowest BCUT2D eigenvalue weighted by molar-refractivity contribution is -0.148. The number of aryl methyl sites for hydroxylation is 2. The molecule has 0 amide bonds. The van der Waals surface area contributed by atoms with Crippen molar-refractivity contribution in [2.45, 2.75) is 52.6 Å². The zero-order valence-corrected chi connectivity index (χ0v) is 12.8. The highest BCUT2D eigenvalue weighted by atomic mass is 16.5. The lowest BCUT2D eigenvalue weighted by Crippen LogP contribution is -2.48. The molecule has 108 valence electrons. The van der Waals surface area contributed by atoms with E-state index in [2.05, 4.69) is 24.3 Å². The molecule has 0 bridgehead atoms.